The van der Waals surface area contributed by atoms with E-state index in [4.69, 9.17) is 4.74 Å². The third kappa shape index (κ3) is 11.3. The Kier molecular flexibility index (Phi) is 12.5. The Morgan fingerprint density at radius 1 is 0.967 bits per heavy atom. The molecule has 9 nitrogen and oxygen atoms in total. The number of likely N-dealkylation sites (N-methyl/N-ethyl adjacent to an activating group) is 3. The number of aliphatic carboxylic acids is 1. The maximum atomic E-state index is 12.8. The molecule has 0 spiro atoms. The van der Waals surface area contributed by atoms with Gasteiger partial charge in [-0.1, -0.05) is 6.42 Å². The molecular weight excluding hydrogens is 410 g/mol. The summed E-state index contributed by atoms with van der Waals surface area (Å²) in [6.07, 6.45) is 1.65. The summed E-state index contributed by atoms with van der Waals surface area (Å²) in [6, 6.07) is -1.10. The monoisotopic (exact) mass is 447 g/mol. The Morgan fingerprint density at radius 3 is 2.03 bits per heavy atom. The van der Waals surface area contributed by atoms with Crippen LogP contribution in [-0.2, 0) is 19.1 Å². The summed E-state index contributed by atoms with van der Waals surface area (Å²) in [6.45, 7) is 5.66. The average molecular weight is 448 g/mol. The number of carbonyl (C=O) groups is 4. The quantitative estimate of drug-likeness (QED) is 0.350. The summed E-state index contributed by atoms with van der Waals surface area (Å²) < 4.78 is 5.27. The van der Waals surface area contributed by atoms with E-state index in [0.29, 0.717) is 6.42 Å². The molecule has 0 heterocycles. The molecule has 1 atom stereocenters. The van der Waals surface area contributed by atoms with Crippen molar-refractivity contribution in [1.82, 2.24) is 14.7 Å². The molecule has 1 N–H and O–H groups in total. The first-order valence-corrected chi connectivity index (χ1v) is 10.7. The number of hydrogen-bond acceptors (Lipinski definition) is 6. The van der Waals surface area contributed by atoms with Crippen molar-refractivity contribution in [2.45, 2.75) is 64.5 Å². The minimum absolute atomic E-state index is 0.175. The van der Waals surface area contributed by atoms with Gasteiger partial charge in [0.2, 0.25) is 11.8 Å². The van der Waals surface area contributed by atoms with Crippen LogP contribution in [0.3, 0.4) is 0 Å². The van der Waals surface area contributed by atoms with Crippen molar-refractivity contribution >= 4 is 36.5 Å². The summed E-state index contributed by atoms with van der Waals surface area (Å²) >= 11 is 4.13. The molecule has 0 saturated heterocycles. The number of rotatable bonds is 12. The van der Waals surface area contributed by atoms with Gasteiger partial charge < -0.3 is 24.5 Å². The van der Waals surface area contributed by atoms with Gasteiger partial charge in [0, 0.05) is 40.7 Å². The number of unbranched alkanes of at least 4 members (excludes halogenated alkanes) is 2. The Bertz CT molecular complexity index is 594. The van der Waals surface area contributed by atoms with Crippen LogP contribution in [0.15, 0.2) is 0 Å². The predicted molar refractivity (Wildman–Crippen MR) is 118 cm³/mol. The molecule has 10 heteroatoms. The van der Waals surface area contributed by atoms with Gasteiger partial charge in [0.15, 0.2) is 0 Å². The van der Waals surface area contributed by atoms with E-state index >= 15 is 0 Å². The van der Waals surface area contributed by atoms with E-state index in [9.17, 15) is 24.3 Å². The van der Waals surface area contributed by atoms with Gasteiger partial charge in [-0.15, -0.1) is 0 Å². The van der Waals surface area contributed by atoms with Crippen LogP contribution in [0.25, 0.3) is 0 Å². The van der Waals surface area contributed by atoms with Gasteiger partial charge in [0.25, 0.3) is 0 Å². The van der Waals surface area contributed by atoms with Crippen molar-refractivity contribution in [2.75, 3.05) is 40.0 Å². The number of thiol groups is 1. The smallest absolute Gasteiger partial charge is 0.410 e. The first-order chi connectivity index (χ1) is 13.8. The normalized spacial score (nSPS) is 12.1. The summed E-state index contributed by atoms with van der Waals surface area (Å²) in [4.78, 5) is 52.4. The standard InChI is InChI=1S/C20H37N3O6S/c1-20(2,3)29-19(28)22(5)12-11-21(4)18(27)15(14-17(25)26)23(6)16(24)10-8-7-9-13-30/h15,30H,7-14H2,1-6H3,(H,25,26)/t15-/m0/s1. The van der Waals surface area contributed by atoms with Gasteiger partial charge in [-0.3, -0.25) is 14.4 Å². The summed E-state index contributed by atoms with van der Waals surface area (Å²) in [5, 5.41) is 9.20. The van der Waals surface area contributed by atoms with Crippen LogP contribution in [0.5, 0.6) is 0 Å². The van der Waals surface area contributed by atoms with Crippen LogP contribution in [0.1, 0.15) is 52.9 Å². The molecule has 0 fully saturated rings. The van der Waals surface area contributed by atoms with E-state index in [0.717, 1.165) is 18.6 Å². The van der Waals surface area contributed by atoms with E-state index in [1.54, 1.807) is 27.8 Å². The Labute approximate surface area is 185 Å². The fourth-order valence-corrected chi connectivity index (χ4v) is 2.79. The number of nitrogens with zero attached hydrogens (tertiary/aromatic N) is 3. The minimum atomic E-state index is -1.16. The number of carbonyl (C=O) groups excluding carboxylic acids is 3. The van der Waals surface area contributed by atoms with Crippen molar-refractivity contribution in [3.8, 4) is 0 Å². The van der Waals surface area contributed by atoms with Crippen LogP contribution in [0.4, 0.5) is 4.79 Å². The van der Waals surface area contributed by atoms with Gasteiger partial charge in [-0.2, -0.15) is 12.6 Å². The third-order valence-electron chi connectivity index (χ3n) is 4.41. The molecule has 0 saturated carbocycles. The van der Waals surface area contributed by atoms with E-state index in [2.05, 4.69) is 12.6 Å². The molecule has 0 rings (SSSR count). The minimum Gasteiger partial charge on any atom is -0.481 e. The Hall–Kier alpha value is -1.97. The molecule has 0 aromatic heterocycles. The van der Waals surface area contributed by atoms with Gasteiger partial charge in [0.1, 0.15) is 11.6 Å². The largest absolute Gasteiger partial charge is 0.481 e. The zero-order valence-electron chi connectivity index (χ0n) is 19.0. The maximum Gasteiger partial charge on any atom is 0.410 e. The average Bonchev–Trinajstić information content (AvgIpc) is 2.64. The Morgan fingerprint density at radius 2 is 1.53 bits per heavy atom. The van der Waals surface area contributed by atoms with E-state index in [-0.39, 0.29) is 25.4 Å². The van der Waals surface area contributed by atoms with Crippen molar-refractivity contribution in [3.63, 3.8) is 0 Å². The highest BCUT2D eigenvalue weighted by Gasteiger charge is 2.31. The lowest BCUT2D eigenvalue weighted by Gasteiger charge is -2.31. The molecule has 0 aromatic rings. The fraction of sp³-hybridized carbons (Fsp3) is 0.800. The number of amides is 3. The first kappa shape index (κ1) is 28.0. The second-order valence-electron chi connectivity index (χ2n) is 8.31. The lowest BCUT2D eigenvalue weighted by atomic mass is 10.1. The third-order valence-corrected chi connectivity index (χ3v) is 4.73. The van der Waals surface area contributed by atoms with E-state index in [1.807, 2.05) is 0 Å². The van der Waals surface area contributed by atoms with Crippen molar-refractivity contribution in [1.29, 1.82) is 0 Å². The second-order valence-corrected chi connectivity index (χ2v) is 8.76. The SMILES string of the molecule is CN(CCN(C)C(=O)[C@H](CC(=O)O)N(C)C(=O)CCCCCS)C(=O)OC(C)(C)C. The molecule has 3 amide bonds. The molecule has 0 unspecified atom stereocenters. The molecule has 30 heavy (non-hydrogen) atoms. The number of hydrogen-bond donors (Lipinski definition) is 2. The maximum absolute atomic E-state index is 12.8. The van der Waals surface area contributed by atoms with Gasteiger partial charge in [0.05, 0.1) is 6.42 Å². The predicted octanol–water partition coefficient (Wildman–Crippen LogP) is 2.10. The zero-order valence-corrected chi connectivity index (χ0v) is 19.9. The van der Waals surface area contributed by atoms with Crippen LogP contribution >= 0.6 is 12.6 Å². The van der Waals surface area contributed by atoms with Crippen LogP contribution in [0, 0.1) is 0 Å². The van der Waals surface area contributed by atoms with Gasteiger partial charge >= 0.3 is 12.1 Å². The summed E-state index contributed by atoms with van der Waals surface area (Å²) in [5.41, 5.74) is -0.629. The second kappa shape index (κ2) is 13.4. The lowest BCUT2D eigenvalue weighted by Crippen LogP contribution is -2.50. The molecule has 0 aliphatic carbocycles. The molecular formula is C20H37N3O6S. The van der Waals surface area contributed by atoms with Crippen molar-refractivity contribution in [2.24, 2.45) is 0 Å². The molecule has 0 radical (unpaired) electrons. The fourth-order valence-electron chi connectivity index (χ4n) is 2.57. The van der Waals surface area contributed by atoms with E-state index < -0.39 is 36.0 Å². The molecule has 0 bridgehead atoms. The number of ether oxygens (including phenoxy) is 1. The summed E-state index contributed by atoms with van der Waals surface area (Å²) in [7, 11) is 4.53. The van der Waals surface area contributed by atoms with E-state index in [1.165, 1.54) is 28.8 Å². The number of carboxylic acids is 1. The summed E-state index contributed by atoms with van der Waals surface area (Å²) in [5.74, 6) is -1.18. The number of carboxylic acid groups (broad SMARTS) is 1. The Balaban J connectivity index is 4.93. The van der Waals surface area contributed by atoms with Gasteiger partial charge in [-0.05, 0) is 39.4 Å². The highest BCUT2D eigenvalue weighted by Crippen LogP contribution is 2.12. The molecule has 0 aliphatic rings. The highest BCUT2D eigenvalue weighted by atomic mass is 32.1. The van der Waals surface area contributed by atoms with Crippen LogP contribution in [0.2, 0.25) is 0 Å². The van der Waals surface area contributed by atoms with Crippen molar-refractivity contribution < 1.29 is 29.0 Å². The van der Waals surface area contributed by atoms with Crippen LogP contribution in [-0.4, -0.2) is 95.3 Å². The zero-order chi connectivity index (χ0) is 23.5. The van der Waals surface area contributed by atoms with Gasteiger partial charge in [-0.25, -0.2) is 4.79 Å². The highest BCUT2D eigenvalue weighted by molar-refractivity contribution is 7.80. The molecule has 0 aliphatic heterocycles. The molecule has 0 aromatic carbocycles. The van der Waals surface area contributed by atoms with Crippen LogP contribution < -0.4 is 0 Å². The topological polar surface area (TPSA) is 107 Å². The first-order valence-electron chi connectivity index (χ1n) is 10.1. The van der Waals surface area contributed by atoms with Crippen molar-refractivity contribution in [3.05, 3.63) is 0 Å². The lowest BCUT2D eigenvalue weighted by molar-refractivity contribution is -0.149. The molecule has 174 valence electrons.